The summed E-state index contributed by atoms with van der Waals surface area (Å²) < 4.78 is 79.7. The number of likely N-dealkylation sites (tertiary alicyclic amines) is 1. The van der Waals surface area contributed by atoms with Gasteiger partial charge in [0.2, 0.25) is 0 Å². The van der Waals surface area contributed by atoms with Crippen molar-refractivity contribution in [1.82, 2.24) is 4.90 Å². The van der Waals surface area contributed by atoms with Gasteiger partial charge in [-0.1, -0.05) is 24.3 Å². The first-order chi connectivity index (χ1) is 18.7. The summed E-state index contributed by atoms with van der Waals surface area (Å²) in [5.41, 5.74) is -0.148. The van der Waals surface area contributed by atoms with Crippen molar-refractivity contribution in [3.8, 4) is 11.1 Å². The maximum Gasteiger partial charge on any atom is 0.416 e. The zero-order valence-electron chi connectivity index (χ0n) is 22.7. The molecule has 4 rings (SSSR count). The Morgan fingerprint density at radius 2 is 1.43 bits per heavy atom. The third-order valence-electron chi connectivity index (χ3n) is 6.97. The van der Waals surface area contributed by atoms with Crippen LogP contribution in [0, 0.1) is 11.6 Å². The summed E-state index contributed by atoms with van der Waals surface area (Å²) >= 11 is 0. The lowest BCUT2D eigenvalue weighted by Crippen LogP contribution is -2.48. The average Bonchev–Trinajstić information content (AvgIpc) is 2.88. The fourth-order valence-electron chi connectivity index (χ4n) is 4.88. The number of rotatable bonds is 6. The highest BCUT2D eigenvalue weighted by Gasteiger charge is 2.39. The highest BCUT2D eigenvalue weighted by molar-refractivity contribution is 5.68. The minimum Gasteiger partial charge on any atom is -0.444 e. The first-order valence-electron chi connectivity index (χ1n) is 13.0. The van der Waals surface area contributed by atoms with E-state index in [1.165, 1.54) is 36.4 Å². The van der Waals surface area contributed by atoms with Gasteiger partial charge in [-0.2, -0.15) is 13.2 Å². The Balaban J connectivity index is 1.54. The number of alkyl halides is 3. The number of amides is 1. The van der Waals surface area contributed by atoms with Gasteiger partial charge in [-0.25, -0.2) is 13.6 Å². The van der Waals surface area contributed by atoms with E-state index < -0.39 is 34.7 Å². The van der Waals surface area contributed by atoms with Gasteiger partial charge in [-0.3, -0.25) is 0 Å². The van der Waals surface area contributed by atoms with Crippen LogP contribution in [-0.4, -0.2) is 36.3 Å². The molecule has 1 amide bonds. The van der Waals surface area contributed by atoms with Crippen molar-refractivity contribution in [3.63, 3.8) is 0 Å². The summed E-state index contributed by atoms with van der Waals surface area (Å²) in [5.74, 6) is -0.869. The quantitative estimate of drug-likeness (QED) is 0.285. The number of nitrogens with zero attached hydrogens (tertiary/aromatic N) is 1. The summed E-state index contributed by atoms with van der Waals surface area (Å²) in [6, 6.07) is 15.0. The summed E-state index contributed by atoms with van der Waals surface area (Å²) in [6.45, 7) is 6.20. The Labute approximate surface area is 230 Å². The molecule has 0 aliphatic carbocycles. The SMILES string of the molecule is CC(C)(C)OC(=O)N1CCC(COCc2cc(-c3ccc(F)cc3)cc(C(F)(F)F)c2)(c2ccc(F)cc2)CC1. The van der Waals surface area contributed by atoms with Crippen LogP contribution in [0.5, 0.6) is 0 Å². The summed E-state index contributed by atoms with van der Waals surface area (Å²) in [5, 5.41) is 0. The van der Waals surface area contributed by atoms with Crippen LogP contribution in [0.1, 0.15) is 50.3 Å². The van der Waals surface area contributed by atoms with E-state index in [1.54, 1.807) is 43.9 Å². The van der Waals surface area contributed by atoms with Crippen LogP contribution in [0.4, 0.5) is 26.7 Å². The molecule has 1 aliphatic heterocycles. The maximum absolute atomic E-state index is 13.7. The number of benzene rings is 3. The third-order valence-corrected chi connectivity index (χ3v) is 6.97. The van der Waals surface area contributed by atoms with Crippen molar-refractivity contribution >= 4 is 6.09 Å². The number of halogens is 5. The van der Waals surface area contributed by atoms with E-state index in [0.717, 1.165) is 17.7 Å². The van der Waals surface area contributed by atoms with Crippen LogP contribution < -0.4 is 0 Å². The predicted octanol–water partition coefficient (Wildman–Crippen LogP) is 8.14. The van der Waals surface area contributed by atoms with E-state index in [-0.39, 0.29) is 19.0 Å². The normalized spacial score (nSPS) is 15.7. The molecule has 0 atom stereocenters. The van der Waals surface area contributed by atoms with Crippen LogP contribution in [0.25, 0.3) is 11.1 Å². The van der Waals surface area contributed by atoms with E-state index in [1.807, 2.05) is 0 Å². The third kappa shape index (κ3) is 7.38. The van der Waals surface area contributed by atoms with Crippen molar-refractivity contribution in [1.29, 1.82) is 0 Å². The van der Waals surface area contributed by atoms with Crippen LogP contribution >= 0.6 is 0 Å². The lowest BCUT2D eigenvalue weighted by Gasteiger charge is -2.42. The van der Waals surface area contributed by atoms with Gasteiger partial charge < -0.3 is 14.4 Å². The fourth-order valence-corrected chi connectivity index (χ4v) is 4.88. The minimum absolute atomic E-state index is 0.100. The van der Waals surface area contributed by atoms with Gasteiger partial charge in [0.25, 0.3) is 0 Å². The van der Waals surface area contributed by atoms with E-state index in [0.29, 0.717) is 42.6 Å². The molecular formula is C31H32F5NO3. The van der Waals surface area contributed by atoms with E-state index in [2.05, 4.69) is 0 Å². The zero-order chi connectivity index (χ0) is 29.1. The number of carbonyl (C=O) groups excluding carboxylic acids is 1. The highest BCUT2D eigenvalue weighted by atomic mass is 19.4. The molecule has 0 radical (unpaired) electrons. The van der Waals surface area contributed by atoms with Gasteiger partial charge in [0.15, 0.2) is 0 Å². The van der Waals surface area contributed by atoms with Gasteiger partial charge in [0, 0.05) is 18.5 Å². The minimum atomic E-state index is -4.57. The molecule has 0 N–H and O–H groups in total. The Morgan fingerprint density at radius 3 is 1.98 bits per heavy atom. The summed E-state index contributed by atoms with van der Waals surface area (Å²) in [7, 11) is 0. The molecule has 1 saturated heterocycles. The molecule has 40 heavy (non-hydrogen) atoms. The molecule has 3 aromatic rings. The van der Waals surface area contributed by atoms with E-state index in [9.17, 15) is 26.7 Å². The molecule has 0 unspecified atom stereocenters. The van der Waals surface area contributed by atoms with Crippen LogP contribution in [0.3, 0.4) is 0 Å². The molecule has 0 bridgehead atoms. The number of hydrogen-bond donors (Lipinski definition) is 0. The second-order valence-electron chi connectivity index (χ2n) is 11.2. The zero-order valence-corrected chi connectivity index (χ0v) is 22.7. The summed E-state index contributed by atoms with van der Waals surface area (Å²) in [6.07, 6.45) is -3.99. The van der Waals surface area contributed by atoms with Gasteiger partial charge in [-0.05, 0) is 98.3 Å². The molecule has 4 nitrogen and oxygen atoms in total. The molecule has 0 saturated carbocycles. The van der Waals surface area contributed by atoms with Crippen molar-refractivity contribution in [2.45, 2.75) is 57.4 Å². The molecule has 0 aromatic heterocycles. The topological polar surface area (TPSA) is 38.8 Å². The van der Waals surface area contributed by atoms with E-state index >= 15 is 0 Å². The first kappa shape index (κ1) is 29.5. The van der Waals surface area contributed by atoms with Crippen molar-refractivity contribution < 1.29 is 36.2 Å². The number of hydrogen-bond acceptors (Lipinski definition) is 3. The lowest BCUT2D eigenvalue weighted by atomic mass is 9.73. The van der Waals surface area contributed by atoms with Crippen molar-refractivity contribution in [2.24, 2.45) is 0 Å². The number of piperidine rings is 1. The monoisotopic (exact) mass is 561 g/mol. The van der Waals surface area contributed by atoms with Crippen LogP contribution in [-0.2, 0) is 27.7 Å². The van der Waals surface area contributed by atoms with Crippen molar-refractivity contribution in [2.75, 3.05) is 19.7 Å². The Morgan fingerprint density at radius 1 is 0.850 bits per heavy atom. The number of ether oxygens (including phenoxy) is 2. The predicted molar refractivity (Wildman–Crippen MR) is 142 cm³/mol. The van der Waals surface area contributed by atoms with E-state index in [4.69, 9.17) is 9.47 Å². The Bertz CT molecular complexity index is 1310. The first-order valence-corrected chi connectivity index (χ1v) is 13.0. The van der Waals surface area contributed by atoms with Gasteiger partial charge in [0.05, 0.1) is 18.8 Å². The molecule has 0 spiro atoms. The molecule has 3 aromatic carbocycles. The maximum atomic E-state index is 13.7. The lowest BCUT2D eigenvalue weighted by molar-refractivity contribution is -0.137. The highest BCUT2D eigenvalue weighted by Crippen LogP contribution is 2.38. The molecule has 9 heteroatoms. The van der Waals surface area contributed by atoms with Crippen LogP contribution in [0.2, 0.25) is 0 Å². The second kappa shape index (κ2) is 11.6. The smallest absolute Gasteiger partial charge is 0.416 e. The van der Waals surface area contributed by atoms with Crippen molar-refractivity contribution in [3.05, 3.63) is 95.1 Å². The Kier molecular flexibility index (Phi) is 8.54. The standard InChI is InChI=1S/C31H32F5NO3/c1-29(2,3)40-28(38)37-14-12-30(13-15-37,24-6-10-27(33)11-7-24)20-39-19-21-16-23(18-25(17-21)31(34,35)36)22-4-8-26(32)9-5-22/h4-11,16-18H,12-15,19-20H2,1-3H3. The van der Waals surface area contributed by atoms with Crippen LogP contribution in [0.15, 0.2) is 66.7 Å². The van der Waals surface area contributed by atoms with Gasteiger partial charge >= 0.3 is 12.3 Å². The molecule has 214 valence electrons. The average molecular weight is 562 g/mol. The molecule has 1 aliphatic rings. The Hall–Kier alpha value is -3.46. The molecule has 1 fully saturated rings. The molecule has 1 heterocycles. The second-order valence-corrected chi connectivity index (χ2v) is 11.2. The summed E-state index contributed by atoms with van der Waals surface area (Å²) in [4.78, 5) is 14.2. The van der Waals surface area contributed by atoms with Gasteiger partial charge in [0.1, 0.15) is 17.2 Å². The fraction of sp³-hybridized carbons (Fsp3) is 0.387. The van der Waals surface area contributed by atoms with Gasteiger partial charge in [-0.15, -0.1) is 0 Å². The number of carbonyl (C=O) groups is 1. The molecular weight excluding hydrogens is 529 g/mol. The largest absolute Gasteiger partial charge is 0.444 e.